The van der Waals surface area contributed by atoms with Crippen molar-refractivity contribution in [3.05, 3.63) is 0 Å². The van der Waals surface area contributed by atoms with E-state index in [9.17, 15) is 24.4 Å². The molecule has 0 aromatic carbocycles. The van der Waals surface area contributed by atoms with Crippen molar-refractivity contribution in [2.45, 2.75) is 70.1 Å². The van der Waals surface area contributed by atoms with Crippen LogP contribution < -0.4 is 5.32 Å². The maximum Gasteiger partial charge on any atom is 0.748 e. The third kappa shape index (κ3) is 5.30. The van der Waals surface area contributed by atoms with Gasteiger partial charge in [0.2, 0.25) is 0 Å². The molecule has 0 aliphatic carbocycles. The Hall–Kier alpha value is -0.0800. The molecule has 1 aliphatic rings. The summed E-state index contributed by atoms with van der Waals surface area (Å²) in [6.45, 7) is 6.34. The second-order valence-corrected chi connectivity index (χ2v) is 8.86. The molecule has 0 aromatic heterocycles. The topological polar surface area (TPSA) is 135 Å². The smallest absolute Gasteiger partial charge is 0.394 e. The summed E-state index contributed by atoms with van der Waals surface area (Å²) >= 11 is 0. The lowest BCUT2D eigenvalue weighted by atomic mass is 9.69. The molecule has 11 heteroatoms. The normalized spacial score (nSPS) is 25.8. The zero-order chi connectivity index (χ0) is 20.7. The van der Waals surface area contributed by atoms with E-state index in [2.05, 4.69) is 5.32 Å². The molecule has 0 bridgehead atoms. The van der Waals surface area contributed by atoms with Gasteiger partial charge < -0.3 is 20.6 Å². The number of nitrogens with one attached hydrogen (secondary N) is 1. The number of rotatable bonds is 10. The van der Waals surface area contributed by atoms with E-state index in [4.69, 9.17) is 13.4 Å². The summed E-state index contributed by atoms with van der Waals surface area (Å²) in [7, 11) is -5.27. The molecule has 1 fully saturated rings. The van der Waals surface area contributed by atoms with Gasteiger partial charge in [0, 0.05) is 21.6 Å². The molecule has 4 N–H and O–H groups in total. The van der Waals surface area contributed by atoms with Crippen molar-refractivity contribution in [2.75, 3.05) is 26.4 Å². The molecule has 2 unspecified atom stereocenters. The predicted octanol–water partition coefficient (Wildman–Crippen LogP) is 2.40. The van der Waals surface area contributed by atoms with Crippen LogP contribution in [0.5, 0.6) is 0 Å². The minimum Gasteiger partial charge on any atom is -0.394 e. The van der Waals surface area contributed by atoms with Gasteiger partial charge in [0.15, 0.2) is 4.31 Å². The van der Waals surface area contributed by atoms with Crippen molar-refractivity contribution in [2.24, 2.45) is 5.92 Å². The van der Waals surface area contributed by atoms with Gasteiger partial charge in [-0.2, -0.15) is 0 Å². The molecule has 27 heavy (non-hydrogen) atoms. The fraction of sp³-hybridized carbons (Fsp3) is 1.00. The highest BCUT2D eigenvalue weighted by atomic mass is 31.2. The molecule has 1 saturated heterocycles. The van der Waals surface area contributed by atoms with Crippen LogP contribution in [0.4, 0.5) is 0 Å². The van der Waals surface area contributed by atoms with Crippen LogP contribution >= 0.6 is 16.5 Å². The van der Waals surface area contributed by atoms with Crippen LogP contribution in [0, 0.1) is 5.92 Å². The Bertz CT molecular complexity index is 466. The van der Waals surface area contributed by atoms with Crippen LogP contribution in [-0.4, -0.2) is 58.4 Å². The lowest BCUT2D eigenvalue weighted by molar-refractivity contribution is -0.118. The van der Waals surface area contributed by atoms with Crippen molar-refractivity contribution >= 4 is 16.5 Å². The molecule has 2 atom stereocenters. The van der Waals surface area contributed by atoms with Crippen LogP contribution in [0.25, 0.3) is 0 Å². The highest BCUT2D eigenvalue weighted by molar-refractivity contribution is 7.47. The van der Waals surface area contributed by atoms with Gasteiger partial charge in [-0.05, 0) is 25.7 Å². The van der Waals surface area contributed by atoms with E-state index in [1.165, 1.54) is 0 Å². The van der Waals surface area contributed by atoms with Gasteiger partial charge >= 0.3 is 16.5 Å². The largest absolute Gasteiger partial charge is 0.748 e. The average Bonchev–Trinajstić information content (AvgIpc) is 2.68. The fourth-order valence-electron chi connectivity index (χ4n) is 3.74. The molecule has 0 radical (unpaired) electrons. The van der Waals surface area contributed by atoms with Crippen LogP contribution in [0.15, 0.2) is 0 Å². The molecule has 1 heterocycles. The zero-order valence-electron chi connectivity index (χ0n) is 16.5. The lowest BCUT2D eigenvalue weighted by Gasteiger charge is -2.45. The van der Waals surface area contributed by atoms with E-state index >= 15 is 0 Å². The van der Waals surface area contributed by atoms with E-state index in [-0.39, 0.29) is 6.54 Å². The lowest BCUT2D eigenvalue weighted by Crippen LogP contribution is -2.62. The quantitative estimate of drug-likeness (QED) is 0.386. The van der Waals surface area contributed by atoms with Crippen LogP contribution in [-0.2, 0) is 22.5 Å². The van der Waals surface area contributed by atoms with Crippen molar-refractivity contribution in [3.8, 4) is 0 Å². The van der Waals surface area contributed by atoms with E-state index in [1.54, 1.807) is 0 Å². The number of hydrogen-bond acceptors (Lipinski definition) is 9. The van der Waals surface area contributed by atoms with E-state index in [0.29, 0.717) is 25.7 Å². The van der Waals surface area contributed by atoms with Gasteiger partial charge in [0.05, 0.1) is 25.4 Å². The Morgan fingerprint density at radius 1 is 0.852 bits per heavy atom. The fourth-order valence-corrected chi connectivity index (χ4v) is 5.81. The minimum absolute atomic E-state index is 0.178. The molecule has 1 rings (SSSR count). The Morgan fingerprint density at radius 2 is 1.22 bits per heavy atom. The first-order valence-corrected chi connectivity index (χ1v) is 11.5. The molecule has 1 aliphatic heterocycles. The SMILES string of the molecule is CCC1(CC)O[P+](=O)O[P+](=O)OC(CC)(CC)C1CNC(CO)(CO)CO. The maximum absolute atomic E-state index is 12.2. The summed E-state index contributed by atoms with van der Waals surface area (Å²) in [6, 6.07) is 0. The second kappa shape index (κ2) is 10.6. The summed E-state index contributed by atoms with van der Waals surface area (Å²) in [5.41, 5.74) is -3.10. The van der Waals surface area contributed by atoms with Crippen molar-refractivity contribution in [1.82, 2.24) is 5.32 Å². The first-order chi connectivity index (χ1) is 12.8. The van der Waals surface area contributed by atoms with Gasteiger partial charge in [0.25, 0.3) is 0 Å². The third-order valence-electron chi connectivity index (χ3n) is 5.90. The summed E-state index contributed by atoms with van der Waals surface area (Å²) in [5, 5.41) is 31.9. The van der Waals surface area contributed by atoms with Gasteiger partial charge in [-0.1, -0.05) is 27.7 Å². The van der Waals surface area contributed by atoms with Gasteiger partial charge in [-0.3, -0.25) is 0 Å². The Morgan fingerprint density at radius 3 is 1.52 bits per heavy atom. The van der Waals surface area contributed by atoms with Crippen molar-refractivity contribution in [1.29, 1.82) is 0 Å². The average molecular weight is 429 g/mol. The highest BCUT2D eigenvalue weighted by Gasteiger charge is 2.63. The maximum atomic E-state index is 12.2. The minimum atomic E-state index is -2.64. The van der Waals surface area contributed by atoms with E-state index in [0.717, 1.165) is 0 Å². The third-order valence-corrected chi connectivity index (χ3v) is 7.99. The second-order valence-electron chi connectivity index (χ2n) is 6.94. The van der Waals surface area contributed by atoms with Gasteiger partial charge in [0.1, 0.15) is 11.2 Å². The monoisotopic (exact) mass is 429 g/mol. The molecule has 158 valence electrons. The summed E-state index contributed by atoms with van der Waals surface area (Å²) in [6.07, 6.45) is 1.97. The van der Waals surface area contributed by atoms with Crippen molar-refractivity contribution in [3.63, 3.8) is 0 Å². The van der Waals surface area contributed by atoms with Crippen LogP contribution in [0.3, 0.4) is 0 Å². The van der Waals surface area contributed by atoms with E-state index in [1.807, 2.05) is 27.7 Å². The molecule has 0 saturated carbocycles. The Kier molecular flexibility index (Phi) is 9.82. The summed E-state index contributed by atoms with van der Waals surface area (Å²) < 4.78 is 40.8. The number of aliphatic hydroxyl groups excluding tert-OH is 3. The van der Waals surface area contributed by atoms with Crippen molar-refractivity contribution < 1.29 is 37.8 Å². The molecule has 0 aromatic rings. The van der Waals surface area contributed by atoms with E-state index < -0.39 is 59.0 Å². The van der Waals surface area contributed by atoms with Gasteiger partial charge in [-0.25, -0.2) is 0 Å². The Labute approximate surface area is 162 Å². The summed E-state index contributed by atoms with van der Waals surface area (Å²) in [4.78, 5) is 0. The molecular formula is C16H33NO8P2+2. The molecule has 9 nitrogen and oxygen atoms in total. The summed E-state index contributed by atoms with van der Waals surface area (Å²) in [5.74, 6) is -0.430. The number of aliphatic hydroxyl groups is 3. The van der Waals surface area contributed by atoms with Gasteiger partial charge in [-0.15, -0.1) is 9.05 Å². The standard InChI is InChI=1S/C16H33NO8P2/c1-5-15(6-2)13(9-17-14(10-18,11-19)12-20)16(7-3,8-4)24-27(22)25-26(21)23-15/h13,17-20H,5-12H2,1-4H3/q+2. The molecule has 0 amide bonds. The highest BCUT2D eigenvalue weighted by Crippen LogP contribution is 2.56. The first-order valence-electron chi connectivity index (χ1n) is 9.34. The molecule has 0 spiro atoms. The van der Waals surface area contributed by atoms with Crippen LogP contribution in [0.1, 0.15) is 53.4 Å². The first kappa shape index (κ1) is 25.0. The van der Waals surface area contributed by atoms with Crippen LogP contribution in [0.2, 0.25) is 0 Å². The number of hydrogen-bond donors (Lipinski definition) is 4. The zero-order valence-corrected chi connectivity index (χ0v) is 18.3. The molecular weight excluding hydrogens is 396 g/mol. The Balaban J connectivity index is 3.41. The predicted molar refractivity (Wildman–Crippen MR) is 101 cm³/mol.